The number of ether oxygens (including phenoxy) is 2. The molecule has 4 nitrogen and oxygen atoms in total. The standard InChI is InChI=1S/C13H17NO3/c1-10(14-15)13(2)8-16-12(17-9-13)11-6-4-3-5-7-11/h3-7,12,15H,8-9H2,1-2H3. The third-order valence-electron chi connectivity index (χ3n) is 3.20. The molecule has 0 aromatic heterocycles. The monoisotopic (exact) mass is 235 g/mol. The first kappa shape index (κ1) is 12.1. The number of hydrogen-bond donors (Lipinski definition) is 1. The maximum absolute atomic E-state index is 8.81. The van der Waals surface area contributed by atoms with E-state index in [1.165, 1.54) is 0 Å². The molecule has 0 aliphatic carbocycles. The first-order chi connectivity index (χ1) is 8.15. The lowest BCUT2D eigenvalue weighted by Gasteiger charge is -2.36. The third-order valence-corrected chi connectivity index (χ3v) is 3.20. The van der Waals surface area contributed by atoms with Crippen LogP contribution in [0.15, 0.2) is 35.5 Å². The van der Waals surface area contributed by atoms with Gasteiger partial charge in [0.2, 0.25) is 0 Å². The minimum absolute atomic E-state index is 0.323. The van der Waals surface area contributed by atoms with Crippen LogP contribution in [-0.4, -0.2) is 24.1 Å². The average Bonchev–Trinajstić information content (AvgIpc) is 2.39. The highest BCUT2D eigenvalue weighted by Gasteiger charge is 2.36. The van der Waals surface area contributed by atoms with Crippen LogP contribution < -0.4 is 0 Å². The Kier molecular flexibility index (Phi) is 3.45. The fourth-order valence-electron chi connectivity index (χ4n) is 1.74. The largest absolute Gasteiger partial charge is 0.411 e. The van der Waals surface area contributed by atoms with Gasteiger partial charge in [0.1, 0.15) is 0 Å². The highest BCUT2D eigenvalue weighted by Crippen LogP contribution is 2.32. The predicted molar refractivity (Wildman–Crippen MR) is 64.1 cm³/mol. The van der Waals surface area contributed by atoms with Crippen molar-refractivity contribution in [2.24, 2.45) is 10.6 Å². The Bertz CT molecular complexity index is 394. The lowest BCUT2D eigenvalue weighted by molar-refractivity contribution is -0.215. The molecule has 17 heavy (non-hydrogen) atoms. The Labute approximate surface area is 101 Å². The first-order valence-electron chi connectivity index (χ1n) is 5.63. The summed E-state index contributed by atoms with van der Waals surface area (Å²) in [5.74, 6) is 0. The predicted octanol–water partition coefficient (Wildman–Crippen LogP) is 2.59. The van der Waals surface area contributed by atoms with Crippen LogP contribution in [-0.2, 0) is 9.47 Å². The SMILES string of the molecule is CC(=NO)C1(C)COC(c2ccccc2)OC1. The van der Waals surface area contributed by atoms with Gasteiger partial charge in [-0.2, -0.15) is 0 Å². The molecule has 1 heterocycles. The molecule has 1 aliphatic heterocycles. The van der Waals surface area contributed by atoms with Crippen molar-refractivity contribution in [2.75, 3.05) is 13.2 Å². The molecule has 1 aliphatic rings. The number of rotatable bonds is 2. The third kappa shape index (κ3) is 2.48. The molecule has 92 valence electrons. The molecule has 1 N–H and O–H groups in total. The summed E-state index contributed by atoms with van der Waals surface area (Å²) in [6.45, 7) is 4.71. The number of nitrogens with zero attached hydrogens (tertiary/aromatic N) is 1. The van der Waals surface area contributed by atoms with Crippen molar-refractivity contribution in [3.05, 3.63) is 35.9 Å². The van der Waals surface area contributed by atoms with Crippen LogP contribution in [0.25, 0.3) is 0 Å². The van der Waals surface area contributed by atoms with Crippen LogP contribution in [0.2, 0.25) is 0 Å². The average molecular weight is 235 g/mol. The summed E-state index contributed by atoms with van der Waals surface area (Å²) in [6, 6.07) is 9.81. The van der Waals surface area contributed by atoms with Crippen LogP contribution in [0.1, 0.15) is 25.7 Å². The summed E-state index contributed by atoms with van der Waals surface area (Å²) < 4.78 is 11.4. The van der Waals surface area contributed by atoms with Crippen molar-refractivity contribution in [1.82, 2.24) is 0 Å². The van der Waals surface area contributed by atoms with E-state index in [0.29, 0.717) is 18.9 Å². The van der Waals surface area contributed by atoms with E-state index < -0.39 is 0 Å². The summed E-state index contributed by atoms with van der Waals surface area (Å²) in [6.07, 6.45) is -0.323. The number of hydrogen-bond acceptors (Lipinski definition) is 4. The van der Waals surface area contributed by atoms with Crippen molar-refractivity contribution in [1.29, 1.82) is 0 Å². The van der Waals surface area contributed by atoms with Gasteiger partial charge in [-0.25, -0.2) is 0 Å². The molecule has 1 aromatic carbocycles. The molecular weight excluding hydrogens is 218 g/mol. The van der Waals surface area contributed by atoms with Gasteiger partial charge < -0.3 is 14.7 Å². The second-order valence-corrected chi connectivity index (χ2v) is 4.61. The Balaban J connectivity index is 2.04. The summed E-state index contributed by atoms with van der Waals surface area (Å²) in [5.41, 5.74) is 1.29. The van der Waals surface area contributed by atoms with E-state index in [9.17, 15) is 0 Å². The zero-order valence-corrected chi connectivity index (χ0v) is 10.1. The minimum atomic E-state index is -0.347. The topological polar surface area (TPSA) is 51.1 Å². The first-order valence-corrected chi connectivity index (χ1v) is 5.63. The molecule has 4 heteroatoms. The van der Waals surface area contributed by atoms with E-state index in [0.717, 1.165) is 5.56 Å². The fraction of sp³-hybridized carbons (Fsp3) is 0.462. The Morgan fingerprint density at radius 1 is 1.29 bits per heavy atom. The van der Waals surface area contributed by atoms with Crippen molar-refractivity contribution in [2.45, 2.75) is 20.1 Å². The highest BCUT2D eigenvalue weighted by atomic mass is 16.7. The molecule has 0 unspecified atom stereocenters. The van der Waals surface area contributed by atoms with E-state index in [1.807, 2.05) is 37.3 Å². The Morgan fingerprint density at radius 2 is 1.88 bits per heavy atom. The van der Waals surface area contributed by atoms with Gasteiger partial charge in [-0.1, -0.05) is 35.5 Å². The normalized spacial score (nSPS) is 30.2. The van der Waals surface area contributed by atoms with Crippen molar-refractivity contribution >= 4 is 5.71 Å². The van der Waals surface area contributed by atoms with E-state index in [1.54, 1.807) is 6.92 Å². The summed E-state index contributed by atoms with van der Waals surface area (Å²) in [4.78, 5) is 0. The van der Waals surface area contributed by atoms with Crippen molar-refractivity contribution < 1.29 is 14.7 Å². The molecule has 0 spiro atoms. The lowest BCUT2D eigenvalue weighted by atomic mass is 9.87. The zero-order chi connectivity index (χ0) is 12.3. The fourth-order valence-corrected chi connectivity index (χ4v) is 1.74. The molecule has 0 amide bonds. The lowest BCUT2D eigenvalue weighted by Crippen LogP contribution is -2.41. The van der Waals surface area contributed by atoms with E-state index in [-0.39, 0.29) is 11.7 Å². The zero-order valence-electron chi connectivity index (χ0n) is 10.1. The second kappa shape index (κ2) is 4.85. The van der Waals surface area contributed by atoms with Gasteiger partial charge in [0, 0.05) is 5.56 Å². The van der Waals surface area contributed by atoms with E-state index in [4.69, 9.17) is 14.7 Å². The second-order valence-electron chi connectivity index (χ2n) is 4.61. The van der Waals surface area contributed by atoms with Gasteiger partial charge in [-0.05, 0) is 13.8 Å². The van der Waals surface area contributed by atoms with Crippen LogP contribution in [0, 0.1) is 5.41 Å². The Hall–Kier alpha value is -1.39. The van der Waals surface area contributed by atoms with Crippen LogP contribution in [0.4, 0.5) is 0 Å². The van der Waals surface area contributed by atoms with Gasteiger partial charge >= 0.3 is 0 Å². The molecule has 2 rings (SSSR count). The molecule has 1 saturated heterocycles. The van der Waals surface area contributed by atoms with Crippen molar-refractivity contribution in [3.8, 4) is 0 Å². The summed E-state index contributed by atoms with van der Waals surface area (Å²) in [7, 11) is 0. The molecule has 0 radical (unpaired) electrons. The maximum Gasteiger partial charge on any atom is 0.183 e. The molecular formula is C13H17NO3. The van der Waals surface area contributed by atoms with Gasteiger partial charge in [0.25, 0.3) is 0 Å². The van der Waals surface area contributed by atoms with Crippen LogP contribution in [0.5, 0.6) is 0 Å². The minimum Gasteiger partial charge on any atom is -0.411 e. The molecule has 1 fully saturated rings. The highest BCUT2D eigenvalue weighted by molar-refractivity contribution is 5.87. The van der Waals surface area contributed by atoms with Gasteiger partial charge in [-0.15, -0.1) is 0 Å². The molecule has 1 aromatic rings. The molecule has 0 bridgehead atoms. The number of oxime groups is 1. The maximum atomic E-state index is 8.81. The quantitative estimate of drug-likeness (QED) is 0.487. The van der Waals surface area contributed by atoms with Gasteiger partial charge in [-0.3, -0.25) is 0 Å². The van der Waals surface area contributed by atoms with Gasteiger partial charge in [0.05, 0.1) is 24.3 Å². The van der Waals surface area contributed by atoms with Crippen LogP contribution in [0.3, 0.4) is 0 Å². The smallest absolute Gasteiger partial charge is 0.183 e. The van der Waals surface area contributed by atoms with Crippen LogP contribution >= 0.6 is 0 Å². The summed E-state index contributed by atoms with van der Waals surface area (Å²) in [5, 5.41) is 12.1. The van der Waals surface area contributed by atoms with Gasteiger partial charge in [0.15, 0.2) is 6.29 Å². The number of benzene rings is 1. The molecule has 0 saturated carbocycles. The van der Waals surface area contributed by atoms with Crippen molar-refractivity contribution in [3.63, 3.8) is 0 Å². The van der Waals surface area contributed by atoms with E-state index in [2.05, 4.69) is 5.16 Å². The summed E-state index contributed by atoms with van der Waals surface area (Å²) >= 11 is 0. The van der Waals surface area contributed by atoms with E-state index >= 15 is 0 Å². The Morgan fingerprint density at radius 3 is 2.41 bits per heavy atom. The molecule has 0 atom stereocenters.